The molecule has 1 N–H and O–H groups in total. The molecule has 0 amide bonds. The second kappa shape index (κ2) is 4.75. The lowest BCUT2D eigenvalue weighted by atomic mass is 10.3. The van der Waals surface area contributed by atoms with Gasteiger partial charge in [-0.1, -0.05) is 13.0 Å². The van der Waals surface area contributed by atoms with Crippen molar-refractivity contribution >= 4 is 5.69 Å². The smallest absolute Gasteiger partial charge is 0.121 e. The van der Waals surface area contributed by atoms with E-state index in [9.17, 15) is 0 Å². The average Bonchev–Trinajstić information content (AvgIpc) is 2.18. The van der Waals surface area contributed by atoms with E-state index >= 15 is 0 Å². The molecular formula is C11H17NO. The molecule has 0 aliphatic carbocycles. The molecule has 1 unspecified atom stereocenters. The van der Waals surface area contributed by atoms with Crippen LogP contribution in [0.3, 0.4) is 0 Å². The summed E-state index contributed by atoms with van der Waals surface area (Å²) in [6, 6.07) is 7.99. The van der Waals surface area contributed by atoms with Gasteiger partial charge in [-0.05, 0) is 25.5 Å². The third-order valence-electron chi connectivity index (χ3n) is 2.03. The zero-order valence-electron chi connectivity index (χ0n) is 8.50. The van der Waals surface area contributed by atoms with Gasteiger partial charge in [-0.3, -0.25) is 0 Å². The van der Waals surface area contributed by atoms with Gasteiger partial charge in [0.25, 0.3) is 0 Å². The van der Waals surface area contributed by atoms with Crippen LogP contribution in [0.25, 0.3) is 0 Å². The van der Waals surface area contributed by atoms with Gasteiger partial charge in [-0.25, -0.2) is 0 Å². The highest BCUT2D eigenvalue weighted by Gasteiger charge is 2.00. The summed E-state index contributed by atoms with van der Waals surface area (Å²) < 4.78 is 5.67. The van der Waals surface area contributed by atoms with Crippen LogP contribution in [0.4, 0.5) is 5.69 Å². The first-order valence-corrected chi connectivity index (χ1v) is 4.70. The van der Waals surface area contributed by atoms with Gasteiger partial charge in [0.05, 0.1) is 6.10 Å². The van der Waals surface area contributed by atoms with E-state index in [0.29, 0.717) is 0 Å². The maximum atomic E-state index is 5.67. The lowest BCUT2D eigenvalue weighted by molar-refractivity contribution is 0.217. The third-order valence-corrected chi connectivity index (χ3v) is 2.03. The molecule has 13 heavy (non-hydrogen) atoms. The Morgan fingerprint density at radius 3 is 2.85 bits per heavy atom. The molecule has 0 saturated carbocycles. The summed E-state index contributed by atoms with van der Waals surface area (Å²) in [4.78, 5) is 0. The first-order valence-electron chi connectivity index (χ1n) is 4.70. The molecule has 1 aromatic rings. The molecule has 1 rings (SSSR count). The predicted octanol–water partition coefficient (Wildman–Crippen LogP) is 2.91. The maximum Gasteiger partial charge on any atom is 0.121 e. The summed E-state index contributed by atoms with van der Waals surface area (Å²) in [6.07, 6.45) is 1.32. The minimum atomic E-state index is 0.284. The van der Waals surface area contributed by atoms with Gasteiger partial charge in [-0.15, -0.1) is 0 Å². The van der Waals surface area contributed by atoms with E-state index in [1.54, 1.807) is 0 Å². The largest absolute Gasteiger partial charge is 0.491 e. The topological polar surface area (TPSA) is 21.3 Å². The Hall–Kier alpha value is -1.18. The Morgan fingerprint density at radius 2 is 2.23 bits per heavy atom. The van der Waals surface area contributed by atoms with Crippen molar-refractivity contribution in [2.45, 2.75) is 26.4 Å². The maximum absolute atomic E-state index is 5.67. The second-order valence-electron chi connectivity index (χ2n) is 3.11. The molecule has 2 nitrogen and oxygen atoms in total. The lowest BCUT2D eigenvalue weighted by Gasteiger charge is -2.13. The number of hydrogen-bond donors (Lipinski definition) is 1. The van der Waals surface area contributed by atoms with Crippen molar-refractivity contribution in [2.75, 3.05) is 12.4 Å². The first-order chi connectivity index (χ1) is 6.26. The van der Waals surface area contributed by atoms with Crippen molar-refractivity contribution < 1.29 is 4.74 Å². The number of hydrogen-bond acceptors (Lipinski definition) is 2. The van der Waals surface area contributed by atoms with Crippen LogP contribution in [-0.4, -0.2) is 13.2 Å². The second-order valence-corrected chi connectivity index (χ2v) is 3.11. The first kappa shape index (κ1) is 9.90. The molecule has 0 bridgehead atoms. The molecule has 0 radical (unpaired) electrons. The third kappa shape index (κ3) is 2.98. The van der Waals surface area contributed by atoms with Crippen LogP contribution >= 0.6 is 0 Å². The molecule has 0 aliphatic rings. The quantitative estimate of drug-likeness (QED) is 0.767. The van der Waals surface area contributed by atoms with E-state index in [0.717, 1.165) is 17.9 Å². The predicted molar refractivity (Wildman–Crippen MR) is 56.4 cm³/mol. The average molecular weight is 179 g/mol. The standard InChI is InChI=1S/C11H17NO/c1-4-9(2)13-11-7-5-6-10(8-11)12-3/h5-9,12H,4H2,1-3H3. The van der Waals surface area contributed by atoms with E-state index in [1.807, 2.05) is 31.3 Å². The monoisotopic (exact) mass is 179 g/mol. The van der Waals surface area contributed by atoms with Crippen LogP contribution in [0.2, 0.25) is 0 Å². The Bertz CT molecular complexity index is 260. The Kier molecular flexibility index (Phi) is 3.62. The molecule has 0 heterocycles. The van der Waals surface area contributed by atoms with Crippen LogP contribution in [0.15, 0.2) is 24.3 Å². The van der Waals surface area contributed by atoms with Gasteiger partial charge in [0, 0.05) is 18.8 Å². The fraction of sp³-hybridized carbons (Fsp3) is 0.455. The highest BCUT2D eigenvalue weighted by Crippen LogP contribution is 2.18. The molecule has 0 aliphatic heterocycles. The minimum absolute atomic E-state index is 0.284. The molecule has 0 saturated heterocycles. The number of anilines is 1. The molecule has 0 spiro atoms. The van der Waals surface area contributed by atoms with Crippen molar-refractivity contribution in [2.24, 2.45) is 0 Å². The highest BCUT2D eigenvalue weighted by molar-refractivity contribution is 5.47. The van der Waals surface area contributed by atoms with Gasteiger partial charge in [0.2, 0.25) is 0 Å². The number of ether oxygens (including phenoxy) is 1. The van der Waals surface area contributed by atoms with Crippen molar-refractivity contribution in [1.82, 2.24) is 0 Å². The van der Waals surface area contributed by atoms with Crippen molar-refractivity contribution in [3.63, 3.8) is 0 Å². The number of rotatable bonds is 4. The fourth-order valence-corrected chi connectivity index (χ4v) is 1.04. The van der Waals surface area contributed by atoms with Crippen LogP contribution in [-0.2, 0) is 0 Å². The lowest BCUT2D eigenvalue weighted by Crippen LogP contribution is -2.09. The zero-order chi connectivity index (χ0) is 9.68. The Labute approximate surface area is 79.9 Å². The van der Waals surface area contributed by atoms with Gasteiger partial charge < -0.3 is 10.1 Å². The van der Waals surface area contributed by atoms with E-state index < -0.39 is 0 Å². The van der Waals surface area contributed by atoms with E-state index in [2.05, 4.69) is 19.2 Å². The molecule has 72 valence electrons. The molecule has 2 heteroatoms. The summed E-state index contributed by atoms with van der Waals surface area (Å²) in [6.45, 7) is 4.19. The highest BCUT2D eigenvalue weighted by atomic mass is 16.5. The summed E-state index contributed by atoms with van der Waals surface area (Å²) in [5, 5.41) is 3.08. The minimum Gasteiger partial charge on any atom is -0.491 e. The SMILES string of the molecule is CCC(C)Oc1cccc(NC)c1. The summed E-state index contributed by atoms with van der Waals surface area (Å²) in [7, 11) is 1.91. The van der Waals surface area contributed by atoms with E-state index in [-0.39, 0.29) is 6.10 Å². The van der Waals surface area contributed by atoms with Crippen LogP contribution in [0.5, 0.6) is 5.75 Å². The van der Waals surface area contributed by atoms with Crippen LogP contribution in [0, 0.1) is 0 Å². The van der Waals surface area contributed by atoms with Gasteiger partial charge >= 0.3 is 0 Å². The van der Waals surface area contributed by atoms with Crippen LogP contribution < -0.4 is 10.1 Å². The van der Waals surface area contributed by atoms with Gasteiger partial charge in [0.15, 0.2) is 0 Å². The fourth-order valence-electron chi connectivity index (χ4n) is 1.04. The van der Waals surface area contributed by atoms with Gasteiger partial charge in [-0.2, -0.15) is 0 Å². The Balaban J connectivity index is 2.66. The molecule has 0 fully saturated rings. The van der Waals surface area contributed by atoms with Gasteiger partial charge in [0.1, 0.15) is 5.75 Å². The van der Waals surface area contributed by atoms with Crippen LogP contribution in [0.1, 0.15) is 20.3 Å². The van der Waals surface area contributed by atoms with E-state index in [1.165, 1.54) is 0 Å². The molecule has 0 aromatic heterocycles. The van der Waals surface area contributed by atoms with Crippen molar-refractivity contribution in [1.29, 1.82) is 0 Å². The molecular weight excluding hydrogens is 162 g/mol. The molecule has 1 aromatic carbocycles. The number of benzene rings is 1. The number of nitrogens with one attached hydrogen (secondary N) is 1. The van der Waals surface area contributed by atoms with Crippen molar-refractivity contribution in [3.8, 4) is 5.75 Å². The Morgan fingerprint density at radius 1 is 1.46 bits per heavy atom. The summed E-state index contributed by atoms with van der Waals surface area (Å²) in [5.41, 5.74) is 1.08. The normalized spacial score (nSPS) is 12.2. The molecule has 1 atom stereocenters. The summed E-state index contributed by atoms with van der Waals surface area (Å²) >= 11 is 0. The van der Waals surface area contributed by atoms with E-state index in [4.69, 9.17) is 4.74 Å². The van der Waals surface area contributed by atoms with Crippen molar-refractivity contribution in [3.05, 3.63) is 24.3 Å². The zero-order valence-corrected chi connectivity index (χ0v) is 8.50. The summed E-state index contributed by atoms with van der Waals surface area (Å²) in [5.74, 6) is 0.932.